The molecular formula is C12H20N2S. The SMILES string of the molecule is CCCC(CN)N1CCc2sccc2C1. The predicted octanol–water partition coefficient (Wildman–Crippen LogP) is 2.23. The molecule has 0 aliphatic carbocycles. The smallest absolute Gasteiger partial charge is 0.0248 e. The van der Waals surface area contributed by atoms with E-state index in [1.165, 1.54) is 31.4 Å². The number of hydrogen-bond acceptors (Lipinski definition) is 3. The van der Waals surface area contributed by atoms with Crippen LogP contribution in [-0.4, -0.2) is 24.0 Å². The summed E-state index contributed by atoms with van der Waals surface area (Å²) in [4.78, 5) is 4.14. The monoisotopic (exact) mass is 224 g/mol. The summed E-state index contributed by atoms with van der Waals surface area (Å²) in [5.74, 6) is 0. The second kappa shape index (κ2) is 5.10. The minimum absolute atomic E-state index is 0.586. The Kier molecular flexibility index (Phi) is 3.78. The maximum absolute atomic E-state index is 5.85. The van der Waals surface area contributed by atoms with Gasteiger partial charge in [0, 0.05) is 30.6 Å². The van der Waals surface area contributed by atoms with Gasteiger partial charge in [0.15, 0.2) is 0 Å². The summed E-state index contributed by atoms with van der Waals surface area (Å²) in [5.41, 5.74) is 7.37. The van der Waals surface area contributed by atoms with Gasteiger partial charge in [0.05, 0.1) is 0 Å². The highest BCUT2D eigenvalue weighted by atomic mass is 32.1. The fourth-order valence-electron chi connectivity index (χ4n) is 2.36. The van der Waals surface area contributed by atoms with E-state index < -0.39 is 0 Å². The lowest BCUT2D eigenvalue weighted by atomic mass is 10.0. The summed E-state index contributed by atoms with van der Waals surface area (Å²) in [6.07, 6.45) is 3.68. The van der Waals surface area contributed by atoms with Gasteiger partial charge in [0.25, 0.3) is 0 Å². The molecule has 2 rings (SSSR count). The predicted molar refractivity (Wildman–Crippen MR) is 66.2 cm³/mol. The molecule has 0 aromatic carbocycles. The molecule has 1 aromatic heterocycles. The van der Waals surface area contributed by atoms with Crippen molar-refractivity contribution in [3.63, 3.8) is 0 Å². The van der Waals surface area contributed by atoms with Crippen molar-refractivity contribution in [3.05, 3.63) is 21.9 Å². The number of nitrogens with two attached hydrogens (primary N) is 1. The van der Waals surface area contributed by atoms with Gasteiger partial charge < -0.3 is 5.73 Å². The Labute approximate surface area is 96.1 Å². The van der Waals surface area contributed by atoms with Crippen LogP contribution in [0.4, 0.5) is 0 Å². The van der Waals surface area contributed by atoms with Crippen LogP contribution in [0.2, 0.25) is 0 Å². The number of hydrogen-bond donors (Lipinski definition) is 1. The molecule has 2 N–H and O–H groups in total. The largest absolute Gasteiger partial charge is 0.329 e. The zero-order valence-corrected chi connectivity index (χ0v) is 10.2. The first kappa shape index (κ1) is 11.1. The van der Waals surface area contributed by atoms with E-state index in [0.717, 1.165) is 13.1 Å². The standard InChI is InChI=1S/C12H20N2S/c1-2-3-11(8-13)14-6-4-12-10(9-14)5-7-15-12/h5,7,11H,2-4,6,8-9,13H2,1H3. The van der Waals surface area contributed by atoms with Gasteiger partial charge in [-0.15, -0.1) is 11.3 Å². The Morgan fingerprint density at radius 3 is 3.20 bits per heavy atom. The Hall–Kier alpha value is -0.380. The van der Waals surface area contributed by atoms with Gasteiger partial charge in [-0.2, -0.15) is 0 Å². The molecule has 0 spiro atoms. The highest BCUT2D eigenvalue weighted by molar-refractivity contribution is 7.10. The number of nitrogens with zero attached hydrogens (tertiary/aromatic N) is 1. The average Bonchev–Trinajstić information content (AvgIpc) is 2.72. The molecule has 1 atom stereocenters. The minimum atomic E-state index is 0.586. The van der Waals surface area contributed by atoms with Gasteiger partial charge in [0.1, 0.15) is 0 Å². The first-order chi connectivity index (χ1) is 7.35. The van der Waals surface area contributed by atoms with Crippen LogP contribution < -0.4 is 5.73 Å². The summed E-state index contributed by atoms with van der Waals surface area (Å²) in [7, 11) is 0. The van der Waals surface area contributed by atoms with Crippen LogP contribution in [0.25, 0.3) is 0 Å². The first-order valence-electron chi connectivity index (χ1n) is 5.84. The average molecular weight is 224 g/mol. The molecule has 0 saturated heterocycles. The van der Waals surface area contributed by atoms with E-state index in [-0.39, 0.29) is 0 Å². The van der Waals surface area contributed by atoms with Crippen molar-refractivity contribution in [2.24, 2.45) is 5.73 Å². The van der Waals surface area contributed by atoms with E-state index in [2.05, 4.69) is 23.3 Å². The molecule has 84 valence electrons. The molecule has 2 nitrogen and oxygen atoms in total. The van der Waals surface area contributed by atoms with Crippen molar-refractivity contribution in [2.45, 2.75) is 38.8 Å². The molecule has 3 heteroatoms. The molecule has 2 heterocycles. The number of fused-ring (bicyclic) bond motifs is 1. The summed E-state index contributed by atoms with van der Waals surface area (Å²) in [6.45, 7) is 5.34. The molecule has 0 fully saturated rings. The molecule has 1 aliphatic rings. The zero-order valence-electron chi connectivity index (χ0n) is 9.41. The highest BCUT2D eigenvalue weighted by Gasteiger charge is 2.22. The van der Waals surface area contributed by atoms with Gasteiger partial charge in [-0.25, -0.2) is 0 Å². The normalized spacial score (nSPS) is 18.8. The molecular weight excluding hydrogens is 204 g/mol. The van der Waals surface area contributed by atoms with E-state index in [9.17, 15) is 0 Å². The van der Waals surface area contributed by atoms with Gasteiger partial charge in [0.2, 0.25) is 0 Å². The zero-order chi connectivity index (χ0) is 10.7. The molecule has 1 unspecified atom stereocenters. The maximum Gasteiger partial charge on any atom is 0.0248 e. The molecule has 0 amide bonds. The van der Waals surface area contributed by atoms with Crippen molar-refractivity contribution < 1.29 is 0 Å². The third kappa shape index (κ3) is 2.41. The molecule has 0 bridgehead atoms. The third-order valence-corrected chi connectivity index (χ3v) is 4.27. The van der Waals surface area contributed by atoms with Crippen molar-refractivity contribution in [1.82, 2.24) is 4.90 Å². The van der Waals surface area contributed by atoms with E-state index in [0.29, 0.717) is 6.04 Å². The topological polar surface area (TPSA) is 29.3 Å². The van der Waals surface area contributed by atoms with E-state index in [1.807, 2.05) is 11.3 Å². The minimum Gasteiger partial charge on any atom is -0.329 e. The Balaban J connectivity index is 2.01. The summed E-state index contributed by atoms with van der Waals surface area (Å²) < 4.78 is 0. The van der Waals surface area contributed by atoms with Crippen LogP contribution in [0, 0.1) is 0 Å². The van der Waals surface area contributed by atoms with Crippen LogP contribution in [-0.2, 0) is 13.0 Å². The lowest BCUT2D eigenvalue weighted by Crippen LogP contribution is -2.43. The quantitative estimate of drug-likeness (QED) is 0.850. The molecule has 1 aromatic rings. The van der Waals surface area contributed by atoms with Gasteiger partial charge in [-0.05, 0) is 29.9 Å². The van der Waals surface area contributed by atoms with Crippen molar-refractivity contribution in [2.75, 3.05) is 13.1 Å². The summed E-state index contributed by atoms with van der Waals surface area (Å²) in [5, 5.41) is 2.21. The number of thiophene rings is 1. The number of rotatable bonds is 4. The molecule has 1 aliphatic heterocycles. The second-order valence-electron chi connectivity index (χ2n) is 4.27. The first-order valence-corrected chi connectivity index (χ1v) is 6.72. The second-order valence-corrected chi connectivity index (χ2v) is 5.27. The van der Waals surface area contributed by atoms with Crippen LogP contribution in [0.1, 0.15) is 30.2 Å². The van der Waals surface area contributed by atoms with Crippen LogP contribution >= 0.6 is 11.3 Å². The lowest BCUT2D eigenvalue weighted by Gasteiger charge is -2.33. The van der Waals surface area contributed by atoms with Crippen LogP contribution in [0.5, 0.6) is 0 Å². The van der Waals surface area contributed by atoms with E-state index >= 15 is 0 Å². The van der Waals surface area contributed by atoms with Crippen molar-refractivity contribution >= 4 is 11.3 Å². The lowest BCUT2D eigenvalue weighted by molar-refractivity contribution is 0.174. The molecule has 0 radical (unpaired) electrons. The van der Waals surface area contributed by atoms with Crippen LogP contribution in [0.3, 0.4) is 0 Å². The Morgan fingerprint density at radius 1 is 1.60 bits per heavy atom. The van der Waals surface area contributed by atoms with Gasteiger partial charge in [-0.3, -0.25) is 4.90 Å². The fraction of sp³-hybridized carbons (Fsp3) is 0.667. The summed E-state index contributed by atoms with van der Waals surface area (Å²) >= 11 is 1.90. The molecule has 15 heavy (non-hydrogen) atoms. The highest BCUT2D eigenvalue weighted by Crippen LogP contribution is 2.25. The van der Waals surface area contributed by atoms with Crippen molar-refractivity contribution in [1.29, 1.82) is 0 Å². The van der Waals surface area contributed by atoms with E-state index in [1.54, 1.807) is 4.88 Å². The summed E-state index contributed by atoms with van der Waals surface area (Å²) in [6, 6.07) is 2.86. The van der Waals surface area contributed by atoms with Crippen LogP contribution in [0.15, 0.2) is 11.4 Å². The third-order valence-electron chi connectivity index (χ3n) is 3.25. The van der Waals surface area contributed by atoms with Gasteiger partial charge >= 0.3 is 0 Å². The van der Waals surface area contributed by atoms with Gasteiger partial charge in [-0.1, -0.05) is 13.3 Å². The van der Waals surface area contributed by atoms with Crippen molar-refractivity contribution in [3.8, 4) is 0 Å². The maximum atomic E-state index is 5.85. The molecule has 0 saturated carbocycles. The Morgan fingerprint density at radius 2 is 2.47 bits per heavy atom. The fourth-order valence-corrected chi connectivity index (χ4v) is 3.25. The van der Waals surface area contributed by atoms with E-state index in [4.69, 9.17) is 5.73 Å². The Bertz CT molecular complexity index is 308.